The molecule has 20 heavy (non-hydrogen) atoms. The van der Waals surface area contributed by atoms with Crippen molar-refractivity contribution in [1.29, 1.82) is 0 Å². The summed E-state index contributed by atoms with van der Waals surface area (Å²) in [5.41, 5.74) is -1.29. The minimum atomic E-state index is -1.46. The van der Waals surface area contributed by atoms with Crippen LogP contribution in [0.15, 0.2) is 12.1 Å². The zero-order valence-corrected chi connectivity index (χ0v) is 10.8. The molecule has 0 aliphatic carbocycles. The number of aromatic carboxylic acids is 1. The van der Waals surface area contributed by atoms with Crippen molar-refractivity contribution in [3.63, 3.8) is 0 Å². The number of benzene rings is 1. The Morgan fingerprint density at radius 3 is 2.80 bits per heavy atom. The molecule has 1 aromatic rings. The van der Waals surface area contributed by atoms with Gasteiger partial charge in [-0.25, -0.2) is 9.18 Å². The van der Waals surface area contributed by atoms with E-state index in [1.807, 2.05) is 7.05 Å². The highest BCUT2D eigenvalue weighted by Gasteiger charge is 2.25. The molecule has 108 valence electrons. The molecule has 1 saturated heterocycles. The summed E-state index contributed by atoms with van der Waals surface area (Å²) >= 11 is 0. The molecule has 0 saturated carbocycles. The van der Waals surface area contributed by atoms with Gasteiger partial charge in [0.05, 0.1) is 16.7 Å². The molecule has 1 unspecified atom stereocenters. The lowest BCUT2D eigenvalue weighted by Crippen LogP contribution is -2.24. The summed E-state index contributed by atoms with van der Waals surface area (Å²) in [6.45, 7) is 1.57. The number of carbonyl (C=O) groups is 1. The predicted octanol–water partition coefficient (Wildman–Crippen LogP) is 1.55. The maximum atomic E-state index is 13.8. The van der Waals surface area contributed by atoms with Crippen molar-refractivity contribution in [2.75, 3.05) is 25.5 Å². The molecule has 0 aromatic heterocycles. The van der Waals surface area contributed by atoms with Gasteiger partial charge in [0.2, 0.25) is 0 Å². The highest BCUT2D eigenvalue weighted by molar-refractivity contribution is 5.93. The summed E-state index contributed by atoms with van der Waals surface area (Å²) in [4.78, 5) is 22.9. The van der Waals surface area contributed by atoms with E-state index in [9.17, 15) is 19.3 Å². The number of nitro groups is 1. The SMILES string of the molecule is CN1CCC(Nc2cc(C(=O)O)c([N+](=O)[O-])cc2F)C1. The van der Waals surface area contributed by atoms with E-state index >= 15 is 0 Å². The number of nitro benzene ring substituents is 1. The van der Waals surface area contributed by atoms with Crippen LogP contribution in [0.2, 0.25) is 0 Å². The topological polar surface area (TPSA) is 95.7 Å². The normalized spacial score (nSPS) is 19.0. The van der Waals surface area contributed by atoms with Gasteiger partial charge in [0, 0.05) is 12.6 Å². The van der Waals surface area contributed by atoms with Crippen molar-refractivity contribution >= 4 is 17.3 Å². The van der Waals surface area contributed by atoms with E-state index < -0.39 is 28.0 Å². The summed E-state index contributed by atoms with van der Waals surface area (Å²) in [6.07, 6.45) is 0.801. The molecular weight excluding hydrogens is 269 g/mol. The maximum absolute atomic E-state index is 13.8. The van der Waals surface area contributed by atoms with Crippen molar-refractivity contribution in [2.24, 2.45) is 0 Å². The number of halogens is 1. The average molecular weight is 283 g/mol. The highest BCUT2D eigenvalue weighted by atomic mass is 19.1. The van der Waals surface area contributed by atoms with Crippen molar-refractivity contribution in [3.05, 3.63) is 33.6 Å². The van der Waals surface area contributed by atoms with Gasteiger partial charge in [-0.1, -0.05) is 0 Å². The van der Waals surface area contributed by atoms with Crippen LogP contribution in [0, 0.1) is 15.9 Å². The molecule has 1 fully saturated rings. The Balaban J connectivity index is 2.32. The van der Waals surface area contributed by atoms with Gasteiger partial charge in [-0.2, -0.15) is 0 Å². The van der Waals surface area contributed by atoms with Gasteiger partial charge in [0.1, 0.15) is 5.56 Å². The predicted molar refractivity (Wildman–Crippen MR) is 69.5 cm³/mol. The van der Waals surface area contributed by atoms with Gasteiger partial charge in [-0.15, -0.1) is 0 Å². The van der Waals surface area contributed by atoms with Crippen molar-refractivity contribution in [2.45, 2.75) is 12.5 Å². The number of hydrogen-bond acceptors (Lipinski definition) is 5. The van der Waals surface area contributed by atoms with Crippen LogP contribution in [0.4, 0.5) is 15.8 Å². The first-order valence-corrected chi connectivity index (χ1v) is 6.05. The molecule has 1 aliphatic heterocycles. The van der Waals surface area contributed by atoms with E-state index in [1.165, 1.54) is 0 Å². The minimum absolute atomic E-state index is 0.00222. The second-order valence-electron chi connectivity index (χ2n) is 4.80. The monoisotopic (exact) mass is 283 g/mol. The number of likely N-dealkylation sites (tertiary alicyclic amines) is 1. The number of rotatable bonds is 4. The van der Waals surface area contributed by atoms with Crippen LogP contribution < -0.4 is 5.32 Å². The van der Waals surface area contributed by atoms with Gasteiger partial charge >= 0.3 is 5.97 Å². The number of hydrogen-bond donors (Lipinski definition) is 2. The van der Waals surface area contributed by atoms with Gasteiger partial charge in [-0.3, -0.25) is 10.1 Å². The zero-order valence-electron chi connectivity index (χ0n) is 10.8. The molecule has 0 amide bonds. The molecule has 0 radical (unpaired) electrons. The summed E-state index contributed by atoms with van der Waals surface area (Å²) in [5.74, 6) is -2.28. The van der Waals surface area contributed by atoms with E-state index in [1.54, 1.807) is 0 Å². The average Bonchev–Trinajstić information content (AvgIpc) is 2.76. The van der Waals surface area contributed by atoms with Crippen molar-refractivity contribution < 1.29 is 19.2 Å². The van der Waals surface area contributed by atoms with Crippen LogP contribution in [-0.4, -0.2) is 47.1 Å². The smallest absolute Gasteiger partial charge is 0.342 e. The van der Waals surface area contributed by atoms with Crippen LogP contribution in [0.3, 0.4) is 0 Å². The molecule has 1 heterocycles. The zero-order chi connectivity index (χ0) is 14.9. The lowest BCUT2D eigenvalue weighted by Gasteiger charge is -2.15. The molecule has 1 aromatic carbocycles. The Hall–Kier alpha value is -2.22. The quantitative estimate of drug-likeness (QED) is 0.643. The lowest BCUT2D eigenvalue weighted by molar-refractivity contribution is -0.385. The molecule has 0 spiro atoms. The summed E-state index contributed by atoms with van der Waals surface area (Å²) < 4.78 is 13.8. The molecule has 8 heteroatoms. The highest BCUT2D eigenvalue weighted by Crippen LogP contribution is 2.27. The van der Waals surface area contributed by atoms with Crippen LogP contribution >= 0.6 is 0 Å². The number of nitrogens with zero attached hydrogens (tertiary/aromatic N) is 2. The first kappa shape index (κ1) is 14.2. The summed E-state index contributed by atoms with van der Waals surface area (Å²) in [7, 11) is 1.93. The number of carboxylic acid groups (broad SMARTS) is 1. The third-order valence-corrected chi connectivity index (χ3v) is 3.26. The standard InChI is InChI=1S/C12H14FN3O4/c1-15-3-2-7(6-15)14-10-4-8(12(17)18)11(16(19)20)5-9(10)13/h4-5,7,14H,2-3,6H2,1H3,(H,17,18). The Bertz CT molecular complexity index is 564. The molecule has 1 atom stereocenters. The van der Waals surface area contributed by atoms with E-state index in [0.717, 1.165) is 19.0 Å². The van der Waals surface area contributed by atoms with E-state index in [-0.39, 0.29) is 11.7 Å². The van der Waals surface area contributed by atoms with Crippen LogP contribution in [-0.2, 0) is 0 Å². The number of nitrogens with one attached hydrogen (secondary N) is 1. The largest absolute Gasteiger partial charge is 0.477 e. The molecule has 2 N–H and O–H groups in total. The van der Waals surface area contributed by atoms with Crippen molar-refractivity contribution in [1.82, 2.24) is 4.90 Å². The Morgan fingerprint density at radius 1 is 1.60 bits per heavy atom. The third kappa shape index (κ3) is 2.85. The Kier molecular flexibility index (Phi) is 3.84. The van der Waals surface area contributed by atoms with Gasteiger partial charge in [0.25, 0.3) is 5.69 Å². The first-order valence-electron chi connectivity index (χ1n) is 6.05. The van der Waals surface area contributed by atoms with Gasteiger partial charge in [-0.05, 0) is 26.1 Å². The molecule has 1 aliphatic rings. The fourth-order valence-corrected chi connectivity index (χ4v) is 2.27. The molecular formula is C12H14FN3O4. The molecule has 7 nitrogen and oxygen atoms in total. The van der Waals surface area contributed by atoms with E-state index in [0.29, 0.717) is 12.6 Å². The molecule has 2 rings (SSSR count). The second kappa shape index (κ2) is 5.41. The number of anilines is 1. The number of carboxylic acids is 1. The van der Waals surface area contributed by atoms with E-state index in [2.05, 4.69) is 10.2 Å². The van der Waals surface area contributed by atoms with Crippen molar-refractivity contribution in [3.8, 4) is 0 Å². The fourth-order valence-electron chi connectivity index (χ4n) is 2.27. The maximum Gasteiger partial charge on any atom is 0.342 e. The fraction of sp³-hybridized carbons (Fsp3) is 0.417. The van der Waals surface area contributed by atoms with Gasteiger partial charge < -0.3 is 15.3 Å². The Morgan fingerprint density at radius 2 is 2.30 bits per heavy atom. The second-order valence-corrected chi connectivity index (χ2v) is 4.80. The third-order valence-electron chi connectivity index (χ3n) is 3.26. The van der Waals surface area contributed by atoms with Crippen LogP contribution in [0.1, 0.15) is 16.8 Å². The lowest BCUT2D eigenvalue weighted by atomic mass is 10.1. The first-order chi connectivity index (χ1) is 9.38. The molecule has 0 bridgehead atoms. The van der Waals surface area contributed by atoms with E-state index in [4.69, 9.17) is 5.11 Å². The Labute approximate surface area is 114 Å². The van der Waals surface area contributed by atoms with Gasteiger partial charge in [0.15, 0.2) is 5.82 Å². The summed E-state index contributed by atoms with van der Waals surface area (Å²) in [6, 6.07) is 1.62. The minimum Gasteiger partial charge on any atom is -0.477 e. The van der Waals surface area contributed by atoms with Crippen LogP contribution in [0.25, 0.3) is 0 Å². The summed E-state index contributed by atoms with van der Waals surface area (Å²) in [5, 5.41) is 22.6. The van der Waals surface area contributed by atoms with Crippen LogP contribution in [0.5, 0.6) is 0 Å². The number of likely N-dealkylation sites (N-methyl/N-ethyl adjacent to an activating group) is 1.